The van der Waals surface area contributed by atoms with Gasteiger partial charge in [-0.3, -0.25) is 9.59 Å². The monoisotopic (exact) mass is 403 g/mol. The lowest BCUT2D eigenvalue weighted by molar-refractivity contribution is -0.115. The fraction of sp³-hybridized carbons (Fsp3) is 0.476. The average molecular weight is 404 g/mol. The first kappa shape index (κ1) is 20.4. The van der Waals surface area contributed by atoms with E-state index >= 15 is 0 Å². The lowest BCUT2D eigenvalue weighted by atomic mass is 9.96. The summed E-state index contributed by atoms with van der Waals surface area (Å²) >= 11 is 6.16. The van der Waals surface area contributed by atoms with Gasteiger partial charge in [0.15, 0.2) is 0 Å². The molecular formula is C21H26ClN3O3. The average Bonchev–Trinajstić information content (AvgIpc) is 2.95. The van der Waals surface area contributed by atoms with Crippen molar-refractivity contribution in [1.29, 1.82) is 0 Å². The normalized spacial score (nSPS) is 19.5. The van der Waals surface area contributed by atoms with Crippen molar-refractivity contribution in [2.24, 2.45) is 0 Å². The molecule has 0 radical (unpaired) electrons. The van der Waals surface area contributed by atoms with Crippen molar-refractivity contribution in [3.05, 3.63) is 45.8 Å². The van der Waals surface area contributed by atoms with Crippen LogP contribution in [0.1, 0.15) is 60.5 Å². The van der Waals surface area contributed by atoms with Crippen molar-refractivity contribution >= 4 is 29.1 Å². The van der Waals surface area contributed by atoms with Crippen LogP contribution in [0.2, 0.25) is 5.02 Å². The van der Waals surface area contributed by atoms with Gasteiger partial charge >= 0.3 is 0 Å². The van der Waals surface area contributed by atoms with Gasteiger partial charge in [-0.05, 0) is 65.2 Å². The van der Waals surface area contributed by atoms with E-state index < -0.39 is 0 Å². The highest BCUT2D eigenvalue weighted by Crippen LogP contribution is 2.29. The van der Waals surface area contributed by atoms with Crippen LogP contribution in [0.15, 0.2) is 22.7 Å². The molecule has 3 rings (SSSR count). The summed E-state index contributed by atoms with van der Waals surface area (Å²) in [5.74, 6) is 0.288. The van der Waals surface area contributed by atoms with Gasteiger partial charge in [-0.1, -0.05) is 16.8 Å². The van der Waals surface area contributed by atoms with Gasteiger partial charge in [0, 0.05) is 22.7 Å². The second-order valence-corrected chi connectivity index (χ2v) is 8.00. The topological polar surface area (TPSA) is 75.4 Å². The first-order valence-electron chi connectivity index (χ1n) is 9.61. The number of carbonyl (C=O) groups excluding carboxylic acids is 2. The van der Waals surface area contributed by atoms with Gasteiger partial charge < -0.3 is 14.7 Å². The quantitative estimate of drug-likeness (QED) is 0.813. The van der Waals surface area contributed by atoms with Gasteiger partial charge in [-0.15, -0.1) is 0 Å². The summed E-state index contributed by atoms with van der Waals surface area (Å²) in [6, 6.07) is 5.29. The number of aryl methyl sites for hydroxylation is 2. The van der Waals surface area contributed by atoms with Gasteiger partial charge in [0.2, 0.25) is 5.91 Å². The third-order valence-corrected chi connectivity index (χ3v) is 5.67. The Balaban J connectivity index is 1.84. The van der Waals surface area contributed by atoms with Crippen LogP contribution in [0.5, 0.6) is 0 Å². The van der Waals surface area contributed by atoms with Crippen LogP contribution >= 0.6 is 11.6 Å². The number of halogens is 1. The lowest BCUT2D eigenvalue weighted by Crippen LogP contribution is -2.47. The number of nitrogens with one attached hydrogen (secondary N) is 1. The molecule has 0 spiro atoms. The molecule has 7 heteroatoms. The zero-order valence-electron chi connectivity index (χ0n) is 16.7. The summed E-state index contributed by atoms with van der Waals surface area (Å²) in [4.78, 5) is 27.8. The largest absolute Gasteiger partial charge is 0.361 e. The minimum atomic E-state index is -0.231. The Morgan fingerprint density at radius 1 is 1.25 bits per heavy atom. The van der Waals surface area contributed by atoms with E-state index in [1.165, 1.54) is 0 Å². The van der Waals surface area contributed by atoms with Crippen molar-refractivity contribution < 1.29 is 14.1 Å². The lowest BCUT2D eigenvalue weighted by Gasteiger charge is -2.39. The van der Waals surface area contributed by atoms with E-state index in [0.717, 1.165) is 24.8 Å². The number of benzene rings is 1. The van der Waals surface area contributed by atoms with E-state index in [9.17, 15) is 9.59 Å². The molecule has 2 atom stereocenters. The van der Waals surface area contributed by atoms with Crippen LogP contribution in [-0.4, -0.2) is 34.0 Å². The second kappa shape index (κ2) is 8.35. The molecule has 2 amide bonds. The summed E-state index contributed by atoms with van der Waals surface area (Å²) in [5.41, 5.74) is 2.34. The van der Waals surface area contributed by atoms with E-state index in [4.69, 9.17) is 16.1 Å². The van der Waals surface area contributed by atoms with Gasteiger partial charge in [-0.25, -0.2) is 0 Å². The smallest absolute Gasteiger partial charge is 0.256 e. The van der Waals surface area contributed by atoms with E-state index in [1.807, 2.05) is 4.90 Å². The standard InChI is InChI=1S/C21H26ClN3O3/c1-12-6-5-7-13(2)25(12)21(27)18-10-16(22)8-9-19(18)23-20(26)11-17-14(3)24-28-15(17)4/h8-10,12-13H,5-7,11H2,1-4H3,(H,23,26)/t12-,13-/m0/s1. The fourth-order valence-corrected chi connectivity index (χ4v) is 4.04. The summed E-state index contributed by atoms with van der Waals surface area (Å²) in [5, 5.41) is 7.21. The predicted molar refractivity (Wildman–Crippen MR) is 109 cm³/mol. The van der Waals surface area contributed by atoms with E-state index in [1.54, 1.807) is 32.0 Å². The van der Waals surface area contributed by atoms with Crippen LogP contribution in [-0.2, 0) is 11.2 Å². The van der Waals surface area contributed by atoms with Crippen LogP contribution in [0.4, 0.5) is 5.69 Å². The number of hydrogen-bond acceptors (Lipinski definition) is 4. The Hall–Kier alpha value is -2.34. The number of piperidine rings is 1. The molecule has 28 heavy (non-hydrogen) atoms. The molecule has 1 aromatic heterocycles. The van der Waals surface area contributed by atoms with Crippen molar-refractivity contribution in [2.75, 3.05) is 5.32 Å². The van der Waals surface area contributed by atoms with E-state index in [-0.39, 0.29) is 30.3 Å². The highest BCUT2D eigenvalue weighted by atomic mass is 35.5. The maximum absolute atomic E-state index is 13.3. The Kier molecular flexibility index (Phi) is 6.08. The Bertz CT molecular complexity index is 864. The van der Waals surface area contributed by atoms with Crippen LogP contribution in [0.3, 0.4) is 0 Å². The third-order valence-electron chi connectivity index (χ3n) is 5.43. The maximum atomic E-state index is 13.3. The highest BCUT2D eigenvalue weighted by Gasteiger charge is 2.31. The fourth-order valence-electron chi connectivity index (χ4n) is 3.87. The minimum Gasteiger partial charge on any atom is -0.361 e. The minimum absolute atomic E-state index is 0.102. The molecule has 0 saturated carbocycles. The van der Waals surface area contributed by atoms with Crippen molar-refractivity contribution in [2.45, 2.75) is 65.5 Å². The van der Waals surface area contributed by atoms with Crippen LogP contribution in [0.25, 0.3) is 0 Å². The Morgan fingerprint density at radius 3 is 2.54 bits per heavy atom. The summed E-state index contributed by atoms with van der Waals surface area (Å²) in [6.45, 7) is 7.70. The molecule has 0 bridgehead atoms. The van der Waals surface area contributed by atoms with Crippen LogP contribution < -0.4 is 5.32 Å². The second-order valence-electron chi connectivity index (χ2n) is 7.56. The molecule has 150 valence electrons. The third kappa shape index (κ3) is 4.22. The first-order chi connectivity index (χ1) is 13.3. The van der Waals surface area contributed by atoms with Gasteiger partial charge in [0.05, 0.1) is 23.4 Å². The summed E-state index contributed by atoms with van der Waals surface area (Å²) in [6.07, 6.45) is 3.20. The van der Waals surface area contributed by atoms with Crippen molar-refractivity contribution in [1.82, 2.24) is 10.1 Å². The molecule has 6 nitrogen and oxygen atoms in total. The van der Waals surface area contributed by atoms with Crippen LogP contribution in [0, 0.1) is 13.8 Å². The first-order valence-corrected chi connectivity index (χ1v) is 9.99. The molecule has 1 fully saturated rings. The molecular weight excluding hydrogens is 378 g/mol. The molecule has 0 aliphatic carbocycles. The van der Waals surface area contributed by atoms with Crippen molar-refractivity contribution in [3.8, 4) is 0 Å². The highest BCUT2D eigenvalue weighted by molar-refractivity contribution is 6.31. The predicted octanol–water partition coefficient (Wildman–Crippen LogP) is 4.53. The molecule has 2 aromatic rings. The molecule has 0 unspecified atom stereocenters. The number of carbonyl (C=O) groups is 2. The molecule has 1 saturated heterocycles. The maximum Gasteiger partial charge on any atom is 0.256 e. The van der Waals surface area contributed by atoms with Gasteiger partial charge in [0.1, 0.15) is 5.76 Å². The van der Waals surface area contributed by atoms with Crippen molar-refractivity contribution in [3.63, 3.8) is 0 Å². The number of hydrogen-bond donors (Lipinski definition) is 1. The van der Waals surface area contributed by atoms with Gasteiger partial charge in [-0.2, -0.15) is 0 Å². The SMILES string of the molecule is Cc1noc(C)c1CC(=O)Nc1ccc(Cl)cc1C(=O)N1[C@@H](C)CCC[C@@H]1C. The molecule has 1 aromatic carbocycles. The number of likely N-dealkylation sites (tertiary alicyclic amines) is 1. The summed E-state index contributed by atoms with van der Waals surface area (Å²) in [7, 11) is 0. The number of rotatable bonds is 4. The number of aromatic nitrogens is 1. The summed E-state index contributed by atoms with van der Waals surface area (Å²) < 4.78 is 5.12. The van der Waals surface area contributed by atoms with Gasteiger partial charge in [0.25, 0.3) is 5.91 Å². The number of amides is 2. The zero-order chi connectivity index (χ0) is 20.4. The molecule has 1 N–H and O–H groups in total. The Morgan fingerprint density at radius 2 is 1.93 bits per heavy atom. The number of nitrogens with zero attached hydrogens (tertiary/aromatic N) is 2. The van der Waals surface area contributed by atoms with E-state index in [2.05, 4.69) is 24.3 Å². The number of anilines is 1. The molecule has 2 heterocycles. The molecule has 1 aliphatic rings. The molecule has 1 aliphatic heterocycles. The zero-order valence-corrected chi connectivity index (χ0v) is 17.5. The Labute approximate surface area is 170 Å². The van der Waals surface area contributed by atoms with E-state index in [0.29, 0.717) is 27.7 Å².